The van der Waals surface area contributed by atoms with Gasteiger partial charge in [-0.1, -0.05) is 13.8 Å². The van der Waals surface area contributed by atoms with Crippen molar-refractivity contribution >= 4 is 0 Å². The van der Waals surface area contributed by atoms with E-state index < -0.39 is 0 Å². The summed E-state index contributed by atoms with van der Waals surface area (Å²) >= 11 is 0. The van der Waals surface area contributed by atoms with E-state index in [2.05, 4.69) is 19.2 Å². The Labute approximate surface area is 56.6 Å². The number of nitrogens with one attached hydrogen (secondary N) is 1. The van der Waals surface area contributed by atoms with E-state index in [-0.39, 0.29) is 0 Å². The molecule has 0 saturated carbocycles. The number of hydrogen-bond donors (Lipinski definition) is 1. The van der Waals surface area contributed by atoms with Gasteiger partial charge < -0.3 is 4.74 Å². The van der Waals surface area contributed by atoms with Crippen molar-refractivity contribution in [1.29, 1.82) is 0 Å². The molecule has 1 N–H and O–H groups in total. The Bertz CT molecular complexity index is 79.0. The maximum Gasteiger partial charge on any atom is 0.109 e. The molecule has 9 heavy (non-hydrogen) atoms. The molecule has 1 rings (SSSR count). The van der Waals surface area contributed by atoms with Gasteiger partial charge in [0.2, 0.25) is 0 Å². The SMILES string of the molecule is CC(C)CO[C@@H]1CCN1. The van der Waals surface area contributed by atoms with Gasteiger partial charge in [0.1, 0.15) is 6.23 Å². The van der Waals surface area contributed by atoms with Crippen LogP contribution in [0.5, 0.6) is 0 Å². The average molecular weight is 129 g/mol. The molecule has 1 fully saturated rings. The quantitative estimate of drug-likeness (QED) is 0.613. The third kappa shape index (κ3) is 2.33. The lowest BCUT2D eigenvalue weighted by molar-refractivity contribution is -0.0252. The van der Waals surface area contributed by atoms with Gasteiger partial charge in [-0.2, -0.15) is 0 Å². The molecule has 2 nitrogen and oxygen atoms in total. The van der Waals surface area contributed by atoms with E-state index in [1.54, 1.807) is 0 Å². The van der Waals surface area contributed by atoms with Crippen LogP contribution in [-0.4, -0.2) is 19.4 Å². The molecule has 0 aliphatic carbocycles. The minimum atomic E-state index is 0.368. The van der Waals surface area contributed by atoms with Gasteiger partial charge in [0.25, 0.3) is 0 Å². The fraction of sp³-hybridized carbons (Fsp3) is 1.00. The van der Waals surface area contributed by atoms with Crippen molar-refractivity contribution in [3.05, 3.63) is 0 Å². The van der Waals surface area contributed by atoms with Crippen molar-refractivity contribution < 1.29 is 4.74 Å². The van der Waals surface area contributed by atoms with E-state index >= 15 is 0 Å². The van der Waals surface area contributed by atoms with Crippen LogP contribution in [0.4, 0.5) is 0 Å². The summed E-state index contributed by atoms with van der Waals surface area (Å²) in [5.74, 6) is 0.660. The monoisotopic (exact) mass is 129 g/mol. The second-order valence-electron chi connectivity index (χ2n) is 2.96. The third-order valence-electron chi connectivity index (χ3n) is 1.41. The van der Waals surface area contributed by atoms with Crippen LogP contribution in [0, 0.1) is 5.92 Å². The smallest absolute Gasteiger partial charge is 0.109 e. The van der Waals surface area contributed by atoms with Crippen LogP contribution in [0.3, 0.4) is 0 Å². The Morgan fingerprint density at radius 3 is 2.67 bits per heavy atom. The zero-order valence-corrected chi connectivity index (χ0v) is 6.18. The Morgan fingerprint density at radius 1 is 1.67 bits per heavy atom. The van der Waals surface area contributed by atoms with Crippen molar-refractivity contribution in [3.8, 4) is 0 Å². The molecule has 54 valence electrons. The molecule has 0 bridgehead atoms. The molecular weight excluding hydrogens is 114 g/mol. The van der Waals surface area contributed by atoms with E-state index in [9.17, 15) is 0 Å². The lowest BCUT2D eigenvalue weighted by Gasteiger charge is -2.28. The molecule has 1 aliphatic rings. The molecule has 1 saturated heterocycles. The predicted molar refractivity (Wildman–Crippen MR) is 37.2 cm³/mol. The maximum atomic E-state index is 5.43. The van der Waals surface area contributed by atoms with Gasteiger partial charge in [0.05, 0.1) is 6.61 Å². The van der Waals surface area contributed by atoms with Gasteiger partial charge in [0, 0.05) is 6.54 Å². The van der Waals surface area contributed by atoms with Crippen LogP contribution >= 0.6 is 0 Å². The summed E-state index contributed by atoms with van der Waals surface area (Å²) < 4.78 is 5.43. The van der Waals surface area contributed by atoms with Crippen molar-refractivity contribution in [1.82, 2.24) is 5.32 Å². The van der Waals surface area contributed by atoms with Crippen molar-refractivity contribution in [2.24, 2.45) is 5.92 Å². The predicted octanol–water partition coefficient (Wildman–Crippen LogP) is 0.978. The lowest BCUT2D eigenvalue weighted by Crippen LogP contribution is -2.45. The molecule has 1 heterocycles. The van der Waals surface area contributed by atoms with E-state index in [1.807, 2.05) is 0 Å². The standard InChI is InChI=1S/C7H15NO/c1-6(2)5-9-7-3-4-8-7/h6-8H,3-5H2,1-2H3/t7-/m1/s1. The molecule has 0 spiro atoms. The fourth-order valence-corrected chi connectivity index (χ4v) is 0.713. The van der Waals surface area contributed by atoms with Crippen LogP contribution < -0.4 is 5.32 Å². The number of rotatable bonds is 3. The van der Waals surface area contributed by atoms with E-state index in [0.717, 1.165) is 13.2 Å². The molecule has 0 aromatic rings. The van der Waals surface area contributed by atoms with E-state index in [0.29, 0.717) is 12.1 Å². The van der Waals surface area contributed by atoms with Crippen molar-refractivity contribution in [2.45, 2.75) is 26.5 Å². The Balaban J connectivity index is 1.91. The van der Waals surface area contributed by atoms with Gasteiger partial charge in [-0.15, -0.1) is 0 Å². The zero-order chi connectivity index (χ0) is 6.69. The highest BCUT2D eigenvalue weighted by Gasteiger charge is 2.16. The Hall–Kier alpha value is -0.0800. The first kappa shape index (κ1) is 7.03. The normalized spacial score (nSPS) is 26.3. The molecule has 0 aromatic heterocycles. The summed E-state index contributed by atoms with van der Waals surface area (Å²) in [4.78, 5) is 0. The summed E-state index contributed by atoms with van der Waals surface area (Å²) in [6, 6.07) is 0. The first-order valence-corrected chi connectivity index (χ1v) is 3.64. The summed E-state index contributed by atoms with van der Waals surface area (Å²) in [6.45, 7) is 6.35. The molecule has 0 aromatic carbocycles. The molecule has 1 atom stereocenters. The fourth-order valence-electron chi connectivity index (χ4n) is 0.713. The van der Waals surface area contributed by atoms with Crippen molar-refractivity contribution in [2.75, 3.05) is 13.2 Å². The highest BCUT2D eigenvalue weighted by atomic mass is 16.5. The number of hydrogen-bond acceptors (Lipinski definition) is 2. The second-order valence-corrected chi connectivity index (χ2v) is 2.96. The first-order valence-electron chi connectivity index (χ1n) is 3.64. The highest BCUT2D eigenvalue weighted by molar-refractivity contribution is 4.67. The third-order valence-corrected chi connectivity index (χ3v) is 1.41. The van der Waals surface area contributed by atoms with Crippen LogP contribution in [0.15, 0.2) is 0 Å². The summed E-state index contributed by atoms with van der Waals surface area (Å²) in [7, 11) is 0. The molecule has 1 aliphatic heterocycles. The van der Waals surface area contributed by atoms with Gasteiger partial charge >= 0.3 is 0 Å². The van der Waals surface area contributed by atoms with E-state index in [1.165, 1.54) is 6.42 Å². The topological polar surface area (TPSA) is 21.3 Å². The minimum Gasteiger partial charge on any atom is -0.363 e. The Kier molecular flexibility index (Phi) is 2.49. The van der Waals surface area contributed by atoms with Gasteiger partial charge in [-0.3, -0.25) is 5.32 Å². The van der Waals surface area contributed by atoms with Gasteiger partial charge in [-0.25, -0.2) is 0 Å². The second kappa shape index (κ2) is 3.18. The molecule has 2 heteroatoms. The molecule has 0 unspecified atom stereocenters. The van der Waals surface area contributed by atoms with Crippen LogP contribution in [0.1, 0.15) is 20.3 Å². The van der Waals surface area contributed by atoms with Crippen molar-refractivity contribution in [3.63, 3.8) is 0 Å². The highest BCUT2D eigenvalue weighted by Crippen LogP contribution is 2.05. The van der Waals surface area contributed by atoms with Gasteiger partial charge in [-0.05, 0) is 12.3 Å². The van der Waals surface area contributed by atoms with Crippen LogP contribution in [-0.2, 0) is 4.74 Å². The first-order chi connectivity index (χ1) is 4.29. The summed E-state index contributed by atoms with van der Waals surface area (Å²) in [6.07, 6.45) is 1.56. The Morgan fingerprint density at radius 2 is 2.33 bits per heavy atom. The molecule has 0 radical (unpaired) electrons. The van der Waals surface area contributed by atoms with Crippen LogP contribution in [0.2, 0.25) is 0 Å². The maximum absolute atomic E-state index is 5.43. The lowest BCUT2D eigenvalue weighted by atomic mass is 10.2. The average Bonchev–Trinajstić information content (AvgIpc) is 1.60. The van der Waals surface area contributed by atoms with Crippen LogP contribution in [0.25, 0.3) is 0 Å². The minimum absolute atomic E-state index is 0.368. The summed E-state index contributed by atoms with van der Waals surface area (Å²) in [5, 5.41) is 3.18. The zero-order valence-electron chi connectivity index (χ0n) is 6.18. The number of ether oxygens (including phenoxy) is 1. The summed E-state index contributed by atoms with van der Waals surface area (Å²) in [5.41, 5.74) is 0. The van der Waals surface area contributed by atoms with Gasteiger partial charge in [0.15, 0.2) is 0 Å². The largest absolute Gasteiger partial charge is 0.363 e. The molecule has 0 amide bonds. The van der Waals surface area contributed by atoms with E-state index in [4.69, 9.17) is 4.74 Å². The molecular formula is C7H15NO.